The standard InChI is InChI=1S/C10H9BrFN3O2S2/c11-7-3-6(5-13)9(12)8(4-7)19(16,17)15-10-14-1-2-18-10/h1-4H,5,13H2,(H,14,15). The lowest BCUT2D eigenvalue weighted by atomic mass is 10.2. The van der Waals surface area contributed by atoms with Gasteiger partial charge in [0.2, 0.25) is 0 Å². The molecule has 0 saturated carbocycles. The molecule has 5 nitrogen and oxygen atoms in total. The molecule has 3 N–H and O–H groups in total. The highest BCUT2D eigenvalue weighted by Crippen LogP contribution is 2.26. The van der Waals surface area contributed by atoms with Crippen LogP contribution in [0.25, 0.3) is 0 Å². The summed E-state index contributed by atoms with van der Waals surface area (Å²) in [6, 6.07) is 2.63. The molecule has 0 aliphatic rings. The van der Waals surface area contributed by atoms with Crippen molar-refractivity contribution in [3.05, 3.63) is 39.6 Å². The summed E-state index contributed by atoms with van der Waals surface area (Å²) in [6.45, 7) is -0.0922. The van der Waals surface area contributed by atoms with E-state index in [1.54, 1.807) is 5.38 Å². The van der Waals surface area contributed by atoms with Crippen LogP contribution in [-0.2, 0) is 16.6 Å². The van der Waals surface area contributed by atoms with Crippen molar-refractivity contribution in [2.45, 2.75) is 11.4 Å². The van der Waals surface area contributed by atoms with Gasteiger partial charge in [-0.05, 0) is 12.1 Å². The van der Waals surface area contributed by atoms with Crippen molar-refractivity contribution in [2.75, 3.05) is 4.72 Å². The van der Waals surface area contributed by atoms with E-state index in [0.717, 1.165) is 11.3 Å². The number of aromatic nitrogens is 1. The van der Waals surface area contributed by atoms with Crippen LogP contribution >= 0.6 is 27.3 Å². The number of nitrogens with one attached hydrogen (secondary N) is 1. The fraction of sp³-hybridized carbons (Fsp3) is 0.100. The van der Waals surface area contributed by atoms with Crippen molar-refractivity contribution in [1.29, 1.82) is 0 Å². The predicted octanol–water partition coefficient (Wildman–Crippen LogP) is 2.30. The minimum Gasteiger partial charge on any atom is -0.326 e. The van der Waals surface area contributed by atoms with Gasteiger partial charge in [-0.3, -0.25) is 4.72 Å². The van der Waals surface area contributed by atoms with Crippen LogP contribution in [0, 0.1) is 5.82 Å². The molecule has 0 unspecified atom stereocenters. The molecular weight excluding hydrogens is 357 g/mol. The van der Waals surface area contributed by atoms with Crippen LogP contribution in [0.1, 0.15) is 5.56 Å². The van der Waals surface area contributed by atoms with Crippen molar-refractivity contribution >= 4 is 42.4 Å². The lowest BCUT2D eigenvalue weighted by Crippen LogP contribution is -2.16. The number of halogens is 2. The van der Waals surface area contributed by atoms with Gasteiger partial charge in [0.1, 0.15) is 10.7 Å². The highest BCUT2D eigenvalue weighted by Gasteiger charge is 2.22. The normalized spacial score (nSPS) is 11.5. The molecule has 1 heterocycles. The summed E-state index contributed by atoms with van der Waals surface area (Å²) in [6.07, 6.45) is 1.45. The first-order chi connectivity index (χ1) is 8.94. The van der Waals surface area contributed by atoms with Crippen LogP contribution in [-0.4, -0.2) is 13.4 Å². The number of rotatable bonds is 4. The van der Waals surface area contributed by atoms with Gasteiger partial charge in [0.15, 0.2) is 5.13 Å². The second-order valence-corrected chi connectivity index (χ2v) is 6.98. The van der Waals surface area contributed by atoms with E-state index >= 15 is 0 Å². The lowest BCUT2D eigenvalue weighted by Gasteiger charge is -2.09. The van der Waals surface area contributed by atoms with Gasteiger partial charge in [0, 0.05) is 28.2 Å². The fourth-order valence-electron chi connectivity index (χ4n) is 1.41. The second kappa shape index (κ2) is 5.53. The highest BCUT2D eigenvalue weighted by atomic mass is 79.9. The average Bonchev–Trinajstić information content (AvgIpc) is 2.83. The summed E-state index contributed by atoms with van der Waals surface area (Å²) in [5, 5.41) is 1.79. The summed E-state index contributed by atoms with van der Waals surface area (Å²) >= 11 is 4.24. The second-order valence-electron chi connectivity index (χ2n) is 3.52. The molecule has 0 spiro atoms. The minimum atomic E-state index is -4.03. The predicted molar refractivity (Wildman–Crippen MR) is 74.9 cm³/mol. The van der Waals surface area contributed by atoms with Gasteiger partial charge in [0.05, 0.1) is 0 Å². The summed E-state index contributed by atoms with van der Waals surface area (Å²) in [5.74, 6) is -0.852. The number of hydrogen-bond acceptors (Lipinski definition) is 5. The Morgan fingerprint density at radius 3 is 2.79 bits per heavy atom. The van der Waals surface area contributed by atoms with Crippen molar-refractivity contribution in [2.24, 2.45) is 5.73 Å². The largest absolute Gasteiger partial charge is 0.326 e. The molecule has 1 aromatic carbocycles. The molecule has 0 aliphatic heterocycles. The van der Waals surface area contributed by atoms with Crippen molar-refractivity contribution in [1.82, 2.24) is 4.98 Å². The van der Waals surface area contributed by atoms with E-state index in [0.29, 0.717) is 4.47 Å². The Balaban J connectivity index is 2.48. The van der Waals surface area contributed by atoms with E-state index in [4.69, 9.17) is 5.73 Å². The van der Waals surface area contributed by atoms with Crippen LogP contribution in [0.5, 0.6) is 0 Å². The maximum absolute atomic E-state index is 14.0. The zero-order valence-electron chi connectivity index (χ0n) is 9.43. The molecule has 2 aromatic rings. The van der Waals surface area contributed by atoms with Crippen LogP contribution < -0.4 is 10.5 Å². The number of anilines is 1. The first-order valence-corrected chi connectivity index (χ1v) is 8.20. The van der Waals surface area contributed by atoms with Gasteiger partial charge in [-0.25, -0.2) is 17.8 Å². The van der Waals surface area contributed by atoms with E-state index < -0.39 is 20.7 Å². The van der Waals surface area contributed by atoms with Crippen molar-refractivity contribution in [3.63, 3.8) is 0 Å². The van der Waals surface area contributed by atoms with E-state index in [1.807, 2.05) is 0 Å². The monoisotopic (exact) mass is 365 g/mol. The Bertz CT molecular complexity index is 689. The Hall–Kier alpha value is -1.03. The number of nitrogens with zero attached hydrogens (tertiary/aromatic N) is 1. The molecule has 0 fully saturated rings. The van der Waals surface area contributed by atoms with Gasteiger partial charge in [-0.1, -0.05) is 15.9 Å². The third-order valence-corrected chi connectivity index (χ3v) is 4.86. The molecule has 0 atom stereocenters. The van der Waals surface area contributed by atoms with E-state index in [9.17, 15) is 12.8 Å². The quantitative estimate of drug-likeness (QED) is 0.870. The van der Waals surface area contributed by atoms with E-state index in [1.165, 1.54) is 18.3 Å². The number of benzene rings is 1. The number of nitrogens with two attached hydrogens (primary N) is 1. The number of sulfonamides is 1. The Kier molecular flexibility index (Phi) is 4.19. The first-order valence-electron chi connectivity index (χ1n) is 5.04. The summed E-state index contributed by atoms with van der Waals surface area (Å²) in [4.78, 5) is 3.33. The smallest absolute Gasteiger partial charge is 0.266 e. The zero-order valence-corrected chi connectivity index (χ0v) is 12.6. The fourth-order valence-corrected chi connectivity index (χ4v) is 4.00. The first kappa shape index (κ1) is 14.4. The van der Waals surface area contributed by atoms with E-state index in [-0.39, 0.29) is 17.2 Å². The number of hydrogen-bond donors (Lipinski definition) is 2. The van der Waals surface area contributed by atoms with E-state index in [2.05, 4.69) is 25.6 Å². The van der Waals surface area contributed by atoms with Crippen molar-refractivity contribution in [3.8, 4) is 0 Å². The average molecular weight is 366 g/mol. The molecule has 102 valence electrons. The topological polar surface area (TPSA) is 85.1 Å². The molecule has 0 bridgehead atoms. The van der Waals surface area contributed by atoms with Gasteiger partial charge >= 0.3 is 0 Å². The van der Waals surface area contributed by atoms with Gasteiger partial charge < -0.3 is 5.73 Å². The molecule has 2 rings (SSSR count). The maximum Gasteiger partial charge on any atom is 0.266 e. The van der Waals surface area contributed by atoms with Crippen LogP contribution in [0.2, 0.25) is 0 Å². The summed E-state index contributed by atoms with van der Waals surface area (Å²) < 4.78 is 40.9. The zero-order chi connectivity index (χ0) is 14.0. The Morgan fingerprint density at radius 2 is 2.21 bits per heavy atom. The summed E-state index contributed by atoms with van der Waals surface area (Å²) in [7, 11) is -4.03. The molecule has 9 heteroatoms. The maximum atomic E-state index is 14.0. The SMILES string of the molecule is NCc1cc(Br)cc(S(=O)(=O)Nc2nccs2)c1F. The Morgan fingerprint density at radius 1 is 1.47 bits per heavy atom. The lowest BCUT2D eigenvalue weighted by molar-refractivity contribution is 0.560. The number of thiazole rings is 1. The van der Waals surface area contributed by atoms with Crippen LogP contribution in [0.4, 0.5) is 9.52 Å². The molecule has 0 saturated heterocycles. The molecule has 0 aliphatic carbocycles. The van der Waals surface area contributed by atoms with Gasteiger partial charge in [0.25, 0.3) is 10.0 Å². The Labute approximate surface area is 121 Å². The molecule has 19 heavy (non-hydrogen) atoms. The molecule has 0 radical (unpaired) electrons. The minimum absolute atomic E-state index is 0.0922. The van der Waals surface area contributed by atoms with Crippen LogP contribution in [0.3, 0.4) is 0 Å². The highest BCUT2D eigenvalue weighted by molar-refractivity contribution is 9.10. The van der Waals surface area contributed by atoms with Crippen LogP contribution in [0.15, 0.2) is 33.1 Å². The molecule has 1 aromatic heterocycles. The summed E-state index contributed by atoms with van der Waals surface area (Å²) in [5.41, 5.74) is 5.50. The molecular formula is C10H9BrFN3O2S2. The van der Waals surface area contributed by atoms with Gasteiger partial charge in [-0.15, -0.1) is 11.3 Å². The van der Waals surface area contributed by atoms with Gasteiger partial charge in [-0.2, -0.15) is 0 Å². The molecule has 0 amide bonds. The van der Waals surface area contributed by atoms with Crippen molar-refractivity contribution < 1.29 is 12.8 Å². The third-order valence-electron chi connectivity index (χ3n) is 2.24. The third kappa shape index (κ3) is 3.11.